The maximum Gasteiger partial charge on any atom is 0.292 e. The second-order valence-corrected chi connectivity index (χ2v) is 6.61. The predicted molar refractivity (Wildman–Crippen MR) is 98.8 cm³/mol. The smallest absolute Gasteiger partial charge is 0.267 e. The van der Waals surface area contributed by atoms with E-state index in [9.17, 15) is 9.59 Å². The van der Waals surface area contributed by atoms with Crippen LogP contribution in [0.2, 0.25) is 0 Å². The Hall–Kier alpha value is -2.50. The Labute approximate surface area is 146 Å². The predicted octanol–water partition coefficient (Wildman–Crippen LogP) is 3.10. The molecule has 1 fully saturated rings. The number of nitrogens with zero attached hydrogens (tertiary/aromatic N) is 3. The fourth-order valence-corrected chi connectivity index (χ4v) is 3.28. The highest BCUT2D eigenvalue weighted by Gasteiger charge is 2.19. The standard InChI is InChI=1S/C19H24N4O2/c1-3-12-23-19(25)15-10-6-5-9-14(15)17(22-23)18(24)21-20-16-11-7-4-8-13(16)2/h5-6,9-10,13H,3-4,7-8,11-12H2,1-2H3,(H,21,24)/b20-16+. The molecule has 1 heterocycles. The van der Waals surface area contributed by atoms with Crippen molar-refractivity contribution in [2.24, 2.45) is 11.0 Å². The van der Waals surface area contributed by atoms with Gasteiger partial charge in [-0.3, -0.25) is 9.59 Å². The van der Waals surface area contributed by atoms with E-state index in [1.165, 1.54) is 11.1 Å². The number of nitrogens with one attached hydrogen (secondary N) is 1. The molecule has 0 spiro atoms. The molecule has 1 aromatic heterocycles. The van der Waals surface area contributed by atoms with Crippen molar-refractivity contribution >= 4 is 22.4 Å². The first-order chi connectivity index (χ1) is 12.1. The molecule has 1 atom stereocenters. The van der Waals surface area contributed by atoms with Crippen LogP contribution in [0.15, 0.2) is 34.2 Å². The van der Waals surface area contributed by atoms with Crippen LogP contribution in [0.3, 0.4) is 0 Å². The molecule has 1 aromatic carbocycles. The van der Waals surface area contributed by atoms with Crippen molar-refractivity contribution in [2.75, 3.05) is 0 Å². The summed E-state index contributed by atoms with van der Waals surface area (Å²) >= 11 is 0. The van der Waals surface area contributed by atoms with Crippen LogP contribution in [0.1, 0.15) is 56.4 Å². The Kier molecular flexibility index (Phi) is 5.26. The summed E-state index contributed by atoms with van der Waals surface area (Å²) in [6.45, 7) is 4.59. The lowest BCUT2D eigenvalue weighted by Gasteiger charge is -2.19. The number of hydrogen-bond acceptors (Lipinski definition) is 4. The van der Waals surface area contributed by atoms with Gasteiger partial charge in [-0.2, -0.15) is 10.2 Å². The average molecular weight is 340 g/mol. The summed E-state index contributed by atoms with van der Waals surface area (Å²) < 4.78 is 1.37. The van der Waals surface area contributed by atoms with Gasteiger partial charge in [-0.1, -0.05) is 38.5 Å². The number of aromatic nitrogens is 2. The van der Waals surface area contributed by atoms with Crippen molar-refractivity contribution < 1.29 is 4.79 Å². The minimum Gasteiger partial charge on any atom is -0.267 e. The second-order valence-electron chi connectivity index (χ2n) is 6.61. The van der Waals surface area contributed by atoms with Gasteiger partial charge in [-0.05, 0) is 37.7 Å². The van der Waals surface area contributed by atoms with E-state index in [4.69, 9.17) is 0 Å². The Bertz CT molecular complexity index is 869. The van der Waals surface area contributed by atoms with E-state index in [2.05, 4.69) is 22.5 Å². The van der Waals surface area contributed by atoms with Gasteiger partial charge in [-0.15, -0.1) is 0 Å². The highest BCUT2D eigenvalue weighted by molar-refractivity contribution is 6.05. The summed E-state index contributed by atoms with van der Waals surface area (Å²) in [6, 6.07) is 7.09. The zero-order chi connectivity index (χ0) is 17.8. The van der Waals surface area contributed by atoms with Crippen LogP contribution >= 0.6 is 0 Å². The van der Waals surface area contributed by atoms with E-state index in [-0.39, 0.29) is 17.2 Å². The zero-order valence-corrected chi connectivity index (χ0v) is 14.8. The highest BCUT2D eigenvalue weighted by Crippen LogP contribution is 2.21. The molecule has 6 heteroatoms. The lowest BCUT2D eigenvalue weighted by Crippen LogP contribution is -2.30. The van der Waals surface area contributed by atoms with Gasteiger partial charge in [0.25, 0.3) is 11.5 Å². The number of hydrazone groups is 1. The molecule has 0 saturated heterocycles. The van der Waals surface area contributed by atoms with Crippen LogP contribution in [0.25, 0.3) is 10.8 Å². The molecule has 0 radical (unpaired) electrons. The van der Waals surface area contributed by atoms with E-state index < -0.39 is 0 Å². The number of hydrogen-bond donors (Lipinski definition) is 1. The zero-order valence-electron chi connectivity index (χ0n) is 14.8. The first kappa shape index (κ1) is 17.3. The molecule has 6 nitrogen and oxygen atoms in total. The largest absolute Gasteiger partial charge is 0.292 e. The Morgan fingerprint density at radius 2 is 2.08 bits per heavy atom. The van der Waals surface area contributed by atoms with Gasteiger partial charge in [-0.25, -0.2) is 10.1 Å². The molecule has 2 aromatic rings. The maximum absolute atomic E-state index is 12.7. The van der Waals surface area contributed by atoms with E-state index in [1.54, 1.807) is 24.3 Å². The van der Waals surface area contributed by atoms with Gasteiger partial charge < -0.3 is 0 Å². The van der Waals surface area contributed by atoms with Crippen molar-refractivity contribution in [1.82, 2.24) is 15.2 Å². The maximum atomic E-state index is 12.7. The fourth-order valence-electron chi connectivity index (χ4n) is 3.28. The number of rotatable bonds is 4. The van der Waals surface area contributed by atoms with Crippen molar-refractivity contribution in [3.8, 4) is 0 Å². The van der Waals surface area contributed by atoms with Crippen molar-refractivity contribution in [3.05, 3.63) is 40.3 Å². The first-order valence-corrected chi connectivity index (χ1v) is 8.98. The van der Waals surface area contributed by atoms with Crippen molar-refractivity contribution in [3.63, 3.8) is 0 Å². The topological polar surface area (TPSA) is 76.3 Å². The van der Waals surface area contributed by atoms with Gasteiger partial charge in [0.15, 0.2) is 5.69 Å². The monoisotopic (exact) mass is 340 g/mol. The van der Waals surface area contributed by atoms with Crippen LogP contribution in [0.5, 0.6) is 0 Å². The van der Waals surface area contributed by atoms with Crippen molar-refractivity contribution in [2.45, 2.75) is 52.5 Å². The molecule has 1 aliphatic rings. The quantitative estimate of drug-likeness (QED) is 0.869. The van der Waals surface area contributed by atoms with E-state index in [0.29, 0.717) is 23.2 Å². The van der Waals surface area contributed by atoms with E-state index in [0.717, 1.165) is 31.4 Å². The lowest BCUT2D eigenvalue weighted by atomic mass is 9.89. The minimum atomic E-state index is -0.369. The third-order valence-corrected chi connectivity index (χ3v) is 4.71. The Morgan fingerprint density at radius 3 is 2.80 bits per heavy atom. The molecule has 132 valence electrons. The lowest BCUT2D eigenvalue weighted by molar-refractivity contribution is 0.0949. The Morgan fingerprint density at radius 1 is 1.32 bits per heavy atom. The molecule has 0 bridgehead atoms. The van der Waals surface area contributed by atoms with Gasteiger partial charge in [0.05, 0.1) is 5.39 Å². The van der Waals surface area contributed by atoms with Gasteiger partial charge >= 0.3 is 0 Å². The molecule has 1 unspecified atom stereocenters. The highest BCUT2D eigenvalue weighted by atomic mass is 16.2. The molecule has 25 heavy (non-hydrogen) atoms. The molecule has 0 aliphatic heterocycles. The molecule has 1 N–H and O–H groups in total. The molecule has 3 rings (SSSR count). The number of carbonyl (C=O) groups excluding carboxylic acids is 1. The Balaban J connectivity index is 1.96. The summed E-state index contributed by atoms with van der Waals surface area (Å²) in [6.07, 6.45) is 5.12. The molecular weight excluding hydrogens is 316 g/mol. The summed E-state index contributed by atoms with van der Waals surface area (Å²) in [7, 11) is 0. The summed E-state index contributed by atoms with van der Waals surface area (Å²) in [4.78, 5) is 25.2. The number of benzene rings is 1. The molecule has 1 aliphatic carbocycles. The van der Waals surface area contributed by atoms with E-state index >= 15 is 0 Å². The third-order valence-electron chi connectivity index (χ3n) is 4.71. The number of amides is 1. The number of fused-ring (bicyclic) bond motifs is 1. The number of aryl methyl sites for hydroxylation is 1. The molecular formula is C19H24N4O2. The average Bonchev–Trinajstić information content (AvgIpc) is 2.63. The van der Waals surface area contributed by atoms with Crippen LogP contribution in [-0.4, -0.2) is 21.4 Å². The molecule has 1 saturated carbocycles. The summed E-state index contributed by atoms with van der Waals surface area (Å²) in [5, 5.41) is 9.70. The SMILES string of the molecule is CCCn1nc(C(=O)N/N=C2\CCCCC2C)c2ccccc2c1=O. The normalized spacial score (nSPS) is 19.3. The second kappa shape index (κ2) is 7.59. The summed E-state index contributed by atoms with van der Waals surface area (Å²) in [5.74, 6) is 0.0270. The van der Waals surface area contributed by atoms with Crippen LogP contribution in [0.4, 0.5) is 0 Å². The fraction of sp³-hybridized carbons (Fsp3) is 0.474. The third kappa shape index (κ3) is 3.62. The summed E-state index contributed by atoms with van der Waals surface area (Å²) in [5.41, 5.74) is 3.77. The van der Waals surface area contributed by atoms with Gasteiger partial charge in [0.2, 0.25) is 0 Å². The van der Waals surface area contributed by atoms with Gasteiger partial charge in [0, 0.05) is 17.6 Å². The molecule has 1 amide bonds. The van der Waals surface area contributed by atoms with Gasteiger partial charge in [0.1, 0.15) is 0 Å². The van der Waals surface area contributed by atoms with Crippen LogP contribution in [-0.2, 0) is 6.54 Å². The first-order valence-electron chi connectivity index (χ1n) is 8.98. The van der Waals surface area contributed by atoms with Crippen LogP contribution in [0, 0.1) is 5.92 Å². The van der Waals surface area contributed by atoms with E-state index in [1.807, 2.05) is 6.92 Å². The van der Waals surface area contributed by atoms with Crippen LogP contribution < -0.4 is 11.0 Å². The minimum absolute atomic E-state index is 0.166. The number of carbonyl (C=O) groups is 1. The van der Waals surface area contributed by atoms with Crippen molar-refractivity contribution in [1.29, 1.82) is 0 Å².